The molecule has 2 nitrogen and oxygen atoms in total. The molecule has 18 heavy (non-hydrogen) atoms. The van der Waals surface area contributed by atoms with Crippen LogP contribution in [0.25, 0.3) is 21.9 Å². The van der Waals surface area contributed by atoms with Gasteiger partial charge in [0.1, 0.15) is 11.5 Å². The van der Waals surface area contributed by atoms with Gasteiger partial charge < -0.3 is 10.2 Å². The molecule has 3 aromatic rings. The molecule has 2 heteroatoms. The number of phenolic OH excluding ortho intramolecular Hbond substituents is 2. The Hall–Kier alpha value is -2.48. The normalized spacial score (nSPS) is 10.7. The molecule has 3 rings (SSSR count). The van der Waals surface area contributed by atoms with Crippen LogP contribution in [0, 0.1) is 0 Å². The predicted octanol–water partition coefficient (Wildman–Crippen LogP) is 3.92. The van der Waals surface area contributed by atoms with Gasteiger partial charge >= 0.3 is 0 Å². The highest BCUT2D eigenvalue weighted by Crippen LogP contribution is 2.36. The molecule has 0 saturated carbocycles. The molecule has 0 aliphatic carbocycles. The van der Waals surface area contributed by atoms with E-state index in [0.717, 1.165) is 21.9 Å². The average Bonchev–Trinajstić information content (AvgIpc) is 2.38. The predicted molar refractivity (Wildman–Crippen MR) is 72.7 cm³/mol. The summed E-state index contributed by atoms with van der Waals surface area (Å²) in [7, 11) is 0. The van der Waals surface area contributed by atoms with Gasteiger partial charge in [0, 0.05) is 11.6 Å². The second-order valence-electron chi connectivity index (χ2n) is 4.23. The van der Waals surface area contributed by atoms with Crippen molar-refractivity contribution >= 4 is 10.8 Å². The van der Waals surface area contributed by atoms with E-state index in [0.29, 0.717) is 0 Å². The van der Waals surface area contributed by atoms with Gasteiger partial charge in [0.2, 0.25) is 0 Å². The minimum atomic E-state index is 0.0662. The smallest absolute Gasteiger partial charge is 0.127 e. The van der Waals surface area contributed by atoms with Crippen molar-refractivity contribution in [2.24, 2.45) is 0 Å². The molecule has 0 aliphatic rings. The van der Waals surface area contributed by atoms with Crippen LogP contribution in [0.4, 0.5) is 0 Å². The fraction of sp³-hybridized carbons (Fsp3) is 0. The zero-order chi connectivity index (χ0) is 12.5. The topological polar surface area (TPSA) is 40.5 Å². The van der Waals surface area contributed by atoms with E-state index in [-0.39, 0.29) is 11.5 Å². The maximum absolute atomic E-state index is 9.94. The summed E-state index contributed by atoms with van der Waals surface area (Å²) in [5, 5.41) is 21.5. The second-order valence-corrected chi connectivity index (χ2v) is 4.23. The number of phenols is 2. The first-order valence-corrected chi connectivity index (χ1v) is 5.76. The zero-order valence-electron chi connectivity index (χ0n) is 9.67. The molecular weight excluding hydrogens is 224 g/mol. The molecule has 0 fully saturated rings. The van der Waals surface area contributed by atoms with E-state index in [2.05, 4.69) is 0 Å². The Morgan fingerprint density at radius 2 is 1.44 bits per heavy atom. The Morgan fingerprint density at radius 3 is 2.28 bits per heavy atom. The summed E-state index contributed by atoms with van der Waals surface area (Å²) in [6.07, 6.45) is 0. The van der Waals surface area contributed by atoms with Gasteiger partial charge in [0.05, 0.1) is 0 Å². The summed E-state index contributed by atoms with van der Waals surface area (Å²) in [4.78, 5) is 0. The molecule has 0 aliphatic heterocycles. The van der Waals surface area contributed by atoms with Crippen LogP contribution in [0.1, 0.15) is 0 Å². The lowest BCUT2D eigenvalue weighted by molar-refractivity contribution is 0.452. The summed E-state index contributed by atoms with van der Waals surface area (Å²) < 4.78 is 0. The largest absolute Gasteiger partial charge is 0.508 e. The lowest BCUT2D eigenvalue weighted by Crippen LogP contribution is -1.82. The molecule has 0 bridgehead atoms. The van der Waals surface area contributed by atoms with Gasteiger partial charge in [-0.2, -0.15) is 0 Å². The second kappa shape index (κ2) is 4.08. The highest BCUT2D eigenvalue weighted by atomic mass is 16.3. The Morgan fingerprint density at radius 1 is 0.667 bits per heavy atom. The Bertz CT molecular complexity index is 712. The molecule has 0 heterocycles. The summed E-state index contributed by atoms with van der Waals surface area (Å²) >= 11 is 0. The molecule has 0 amide bonds. The summed E-state index contributed by atoms with van der Waals surface area (Å²) in [5.74, 6) is 0.155. The molecular formula is C16H12O2. The van der Waals surface area contributed by atoms with E-state index in [1.165, 1.54) is 6.07 Å². The van der Waals surface area contributed by atoms with Gasteiger partial charge in [-0.15, -0.1) is 0 Å². The zero-order valence-corrected chi connectivity index (χ0v) is 9.67. The van der Waals surface area contributed by atoms with Crippen LogP contribution in [0.3, 0.4) is 0 Å². The van der Waals surface area contributed by atoms with Crippen LogP contribution < -0.4 is 0 Å². The van der Waals surface area contributed by atoms with Crippen LogP contribution in [0.15, 0.2) is 60.7 Å². The lowest BCUT2D eigenvalue weighted by Gasteiger charge is -2.09. The van der Waals surface area contributed by atoms with E-state index in [1.54, 1.807) is 12.1 Å². The molecule has 3 aromatic carbocycles. The maximum atomic E-state index is 9.94. The quantitative estimate of drug-likeness (QED) is 0.672. The summed E-state index contributed by atoms with van der Waals surface area (Å²) in [6.45, 7) is 0. The fourth-order valence-electron chi connectivity index (χ4n) is 2.21. The van der Waals surface area contributed by atoms with Crippen molar-refractivity contribution in [3.05, 3.63) is 60.7 Å². The molecule has 0 unspecified atom stereocenters. The average molecular weight is 236 g/mol. The number of fused-ring (bicyclic) bond motifs is 1. The third-order valence-corrected chi connectivity index (χ3v) is 3.06. The SMILES string of the molecule is Oc1ccc(-c2cccc3ccccc23)c(O)c1. The van der Waals surface area contributed by atoms with Crippen LogP contribution in [0.2, 0.25) is 0 Å². The van der Waals surface area contributed by atoms with E-state index < -0.39 is 0 Å². The molecule has 0 radical (unpaired) electrons. The highest BCUT2D eigenvalue weighted by Gasteiger charge is 2.08. The first kappa shape index (κ1) is 10.7. The Balaban J connectivity index is 2.31. The molecule has 88 valence electrons. The van der Waals surface area contributed by atoms with Crippen LogP contribution in [-0.2, 0) is 0 Å². The highest BCUT2D eigenvalue weighted by molar-refractivity contribution is 5.97. The van der Waals surface area contributed by atoms with Crippen molar-refractivity contribution in [2.45, 2.75) is 0 Å². The summed E-state index contributed by atoms with van der Waals surface area (Å²) in [5.41, 5.74) is 1.69. The van der Waals surface area contributed by atoms with Crippen molar-refractivity contribution in [3.63, 3.8) is 0 Å². The molecule has 0 aromatic heterocycles. The van der Waals surface area contributed by atoms with Crippen LogP contribution >= 0.6 is 0 Å². The Labute approximate surface area is 105 Å². The summed E-state index contributed by atoms with van der Waals surface area (Å²) in [6, 6.07) is 18.7. The lowest BCUT2D eigenvalue weighted by atomic mass is 9.97. The van der Waals surface area contributed by atoms with Gasteiger partial charge in [-0.25, -0.2) is 0 Å². The van der Waals surface area contributed by atoms with Gasteiger partial charge in [0.25, 0.3) is 0 Å². The maximum Gasteiger partial charge on any atom is 0.127 e. The van der Waals surface area contributed by atoms with Crippen molar-refractivity contribution in [1.82, 2.24) is 0 Å². The van der Waals surface area contributed by atoms with E-state index in [1.807, 2.05) is 42.5 Å². The third-order valence-electron chi connectivity index (χ3n) is 3.06. The fourth-order valence-corrected chi connectivity index (χ4v) is 2.21. The number of benzene rings is 3. The van der Waals surface area contributed by atoms with E-state index >= 15 is 0 Å². The number of hydrogen-bond donors (Lipinski definition) is 2. The van der Waals surface area contributed by atoms with E-state index in [4.69, 9.17) is 0 Å². The number of hydrogen-bond acceptors (Lipinski definition) is 2. The van der Waals surface area contributed by atoms with Gasteiger partial charge in [-0.1, -0.05) is 42.5 Å². The van der Waals surface area contributed by atoms with Crippen LogP contribution in [0.5, 0.6) is 11.5 Å². The third kappa shape index (κ3) is 1.68. The minimum Gasteiger partial charge on any atom is -0.508 e. The van der Waals surface area contributed by atoms with Gasteiger partial charge in [0.15, 0.2) is 0 Å². The van der Waals surface area contributed by atoms with Crippen molar-refractivity contribution < 1.29 is 10.2 Å². The molecule has 0 atom stereocenters. The molecule has 0 saturated heterocycles. The van der Waals surface area contributed by atoms with Gasteiger partial charge in [-0.3, -0.25) is 0 Å². The van der Waals surface area contributed by atoms with Crippen molar-refractivity contribution in [2.75, 3.05) is 0 Å². The van der Waals surface area contributed by atoms with Crippen molar-refractivity contribution in [3.8, 4) is 22.6 Å². The molecule has 0 spiro atoms. The van der Waals surface area contributed by atoms with Gasteiger partial charge in [-0.05, 0) is 28.5 Å². The minimum absolute atomic E-state index is 0.0662. The van der Waals surface area contributed by atoms with Crippen molar-refractivity contribution in [1.29, 1.82) is 0 Å². The number of rotatable bonds is 1. The van der Waals surface area contributed by atoms with Crippen LogP contribution in [-0.4, -0.2) is 10.2 Å². The van der Waals surface area contributed by atoms with E-state index in [9.17, 15) is 10.2 Å². The first-order valence-electron chi connectivity index (χ1n) is 5.76. The molecule has 2 N–H and O–H groups in total. The monoisotopic (exact) mass is 236 g/mol. The first-order chi connectivity index (χ1) is 8.75. The standard InChI is InChI=1S/C16H12O2/c17-12-8-9-15(16(18)10-12)14-7-3-5-11-4-1-2-6-13(11)14/h1-10,17-18H. The number of aromatic hydroxyl groups is 2. The Kier molecular flexibility index (Phi) is 2.41.